The second-order valence-corrected chi connectivity index (χ2v) is 5.81. The smallest absolute Gasteiger partial charge is 0.191 e. The maximum absolute atomic E-state index is 5.43. The molecule has 0 atom stereocenters. The number of anilines is 1. The molecule has 2 N–H and O–H groups in total. The van der Waals surface area contributed by atoms with Gasteiger partial charge in [0.15, 0.2) is 5.96 Å². The molecule has 0 aliphatic carbocycles. The van der Waals surface area contributed by atoms with Crippen LogP contribution in [0.2, 0.25) is 0 Å². The fourth-order valence-electron chi connectivity index (χ4n) is 2.78. The van der Waals surface area contributed by atoms with Crippen LogP contribution in [0.15, 0.2) is 35.6 Å². The zero-order chi connectivity index (χ0) is 17.5. The van der Waals surface area contributed by atoms with Gasteiger partial charge in [0.25, 0.3) is 0 Å². The molecule has 0 saturated carbocycles. The van der Waals surface area contributed by atoms with Gasteiger partial charge >= 0.3 is 0 Å². The number of hydrogen-bond acceptors (Lipinski definition) is 5. The third-order valence-electron chi connectivity index (χ3n) is 4.21. The van der Waals surface area contributed by atoms with Crippen LogP contribution in [-0.2, 0) is 24.9 Å². The first-order valence-electron chi connectivity index (χ1n) is 8.46. The lowest BCUT2D eigenvalue weighted by atomic mass is 10.2. The number of guanidine groups is 1. The number of aliphatic imine (C=N–C) groups is 1. The molecule has 3 heterocycles. The summed E-state index contributed by atoms with van der Waals surface area (Å²) in [6.07, 6.45) is 3.63. The van der Waals surface area contributed by atoms with E-state index in [1.807, 2.05) is 30.1 Å². The number of rotatable bonds is 5. The van der Waals surface area contributed by atoms with E-state index in [-0.39, 0.29) is 24.0 Å². The van der Waals surface area contributed by atoms with Gasteiger partial charge in [0.2, 0.25) is 0 Å². The van der Waals surface area contributed by atoms with Crippen LogP contribution in [0.1, 0.15) is 11.3 Å². The summed E-state index contributed by atoms with van der Waals surface area (Å²) < 4.78 is 7.28. The Kier molecular flexibility index (Phi) is 8.10. The number of pyridine rings is 1. The van der Waals surface area contributed by atoms with E-state index in [0.717, 1.165) is 49.3 Å². The van der Waals surface area contributed by atoms with Crippen molar-refractivity contribution >= 4 is 35.8 Å². The number of aromatic nitrogens is 3. The normalized spacial score (nSPS) is 14.7. The second-order valence-electron chi connectivity index (χ2n) is 5.81. The van der Waals surface area contributed by atoms with Crippen LogP contribution in [0.5, 0.6) is 0 Å². The van der Waals surface area contributed by atoms with Crippen molar-refractivity contribution in [1.29, 1.82) is 0 Å². The number of ether oxygens (including phenoxy) is 1. The van der Waals surface area contributed by atoms with Gasteiger partial charge in [-0.15, -0.1) is 24.0 Å². The molecule has 1 aliphatic heterocycles. The molecule has 0 bridgehead atoms. The molecule has 26 heavy (non-hydrogen) atoms. The molecular weight excluding hydrogens is 445 g/mol. The van der Waals surface area contributed by atoms with Crippen LogP contribution in [0, 0.1) is 0 Å². The summed E-state index contributed by atoms with van der Waals surface area (Å²) in [7, 11) is 3.70. The number of aryl methyl sites for hydroxylation is 1. The topological polar surface area (TPSA) is 79.6 Å². The Hall–Kier alpha value is -1.88. The van der Waals surface area contributed by atoms with Crippen molar-refractivity contribution < 1.29 is 4.74 Å². The lowest BCUT2D eigenvalue weighted by Crippen LogP contribution is -2.39. The van der Waals surface area contributed by atoms with Gasteiger partial charge < -0.3 is 20.3 Å². The second kappa shape index (κ2) is 10.3. The molecule has 3 rings (SSSR count). The Bertz CT molecular complexity index is 713. The van der Waals surface area contributed by atoms with E-state index in [2.05, 4.69) is 36.7 Å². The molecule has 0 unspecified atom stereocenters. The molecule has 9 heteroatoms. The number of nitrogens with one attached hydrogen (secondary N) is 2. The highest BCUT2D eigenvalue weighted by atomic mass is 127. The Morgan fingerprint density at radius 2 is 1.96 bits per heavy atom. The minimum Gasteiger partial charge on any atom is -0.378 e. The summed E-state index contributed by atoms with van der Waals surface area (Å²) in [6.45, 7) is 4.56. The minimum absolute atomic E-state index is 0. The lowest BCUT2D eigenvalue weighted by molar-refractivity contribution is 0.122. The summed E-state index contributed by atoms with van der Waals surface area (Å²) in [5.74, 6) is 1.76. The zero-order valence-corrected chi connectivity index (χ0v) is 17.5. The van der Waals surface area contributed by atoms with Crippen LogP contribution in [0.4, 0.5) is 5.82 Å². The van der Waals surface area contributed by atoms with Crippen molar-refractivity contribution in [2.45, 2.75) is 13.1 Å². The van der Waals surface area contributed by atoms with Crippen LogP contribution < -0.4 is 15.5 Å². The van der Waals surface area contributed by atoms with Crippen LogP contribution >= 0.6 is 24.0 Å². The monoisotopic (exact) mass is 471 g/mol. The van der Waals surface area contributed by atoms with E-state index >= 15 is 0 Å². The molecule has 0 spiro atoms. The maximum atomic E-state index is 5.43. The molecule has 1 aliphatic rings. The summed E-state index contributed by atoms with van der Waals surface area (Å²) >= 11 is 0. The van der Waals surface area contributed by atoms with Crippen molar-refractivity contribution in [1.82, 2.24) is 25.4 Å². The highest BCUT2D eigenvalue weighted by Crippen LogP contribution is 2.18. The average molecular weight is 471 g/mol. The SMILES string of the molecule is CN=C(NCc1cccnc1N1CCOCC1)NCc1ccnn1C.I. The molecular formula is C17H26IN7O. The van der Waals surface area contributed by atoms with E-state index in [1.165, 1.54) is 0 Å². The fourth-order valence-corrected chi connectivity index (χ4v) is 2.78. The Morgan fingerprint density at radius 1 is 1.19 bits per heavy atom. The van der Waals surface area contributed by atoms with E-state index in [0.29, 0.717) is 13.1 Å². The predicted octanol–water partition coefficient (Wildman–Crippen LogP) is 1.13. The van der Waals surface area contributed by atoms with Crippen molar-refractivity contribution in [3.05, 3.63) is 41.9 Å². The van der Waals surface area contributed by atoms with Gasteiger partial charge in [-0.3, -0.25) is 9.67 Å². The first-order chi connectivity index (χ1) is 12.3. The van der Waals surface area contributed by atoms with Crippen LogP contribution in [0.25, 0.3) is 0 Å². The van der Waals surface area contributed by atoms with Crippen molar-refractivity contribution in [3.8, 4) is 0 Å². The standard InChI is InChI=1S/C17H25N7O.HI/c1-18-17(21-13-15-5-7-22-23(15)2)20-12-14-4-3-6-19-16(14)24-8-10-25-11-9-24;/h3-7H,8-13H2,1-2H3,(H2,18,20,21);1H. The van der Waals surface area contributed by atoms with Crippen molar-refractivity contribution in [3.63, 3.8) is 0 Å². The van der Waals surface area contributed by atoms with Gasteiger partial charge in [0.05, 0.1) is 25.5 Å². The Morgan fingerprint density at radius 3 is 2.65 bits per heavy atom. The molecule has 0 radical (unpaired) electrons. The zero-order valence-electron chi connectivity index (χ0n) is 15.2. The molecule has 1 saturated heterocycles. The molecule has 2 aromatic heterocycles. The van der Waals surface area contributed by atoms with E-state index in [1.54, 1.807) is 13.2 Å². The molecule has 142 valence electrons. The lowest BCUT2D eigenvalue weighted by Gasteiger charge is -2.29. The maximum Gasteiger partial charge on any atom is 0.191 e. The third-order valence-corrected chi connectivity index (χ3v) is 4.21. The molecule has 0 amide bonds. The summed E-state index contributed by atoms with van der Waals surface area (Å²) in [6, 6.07) is 6.05. The average Bonchev–Trinajstić information content (AvgIpc) is 3.08. The Balaban J connectivity index is 0.00000243. The predicted molar refractivity (Wildman–Crippen MR) is 113 cm³/mol. The quantitative estimate of drug-likeness (QED) is 0.387. The number of nitrogens with zero attached hydrogens (tertiary/aromatic N) is 5. The van der Waals surface area contributed by atoms with Crippen LogP contribution in [0.3, 0.4) is 0 Å². The van der Waals surface area contributed by atoms with Gasteiger partial charge in [0, 0.05) is 51.7 Å². The first-order valence-corrected chi connectivity index (χ1v) is 8.46. The number of morpholine rings is 1. The molecule has 0 aromatic carbocycles. The van der Waals surface area contributed by atoms with E-state index in [4.69, 9.17) is 4.74 Å². The fraction of sp³-hybridized carbons (Fsp3) is 0.471. The summed E-state index contributed by atoms with van der Waals surface area (Å²) in [4.78, 5) is 11.1. The van der Waals surface area contributed by atoms with Gasteiger partial charge in [-0.1, -0.05) is 6.07 Å². The molecule has 1 fully saturated rings. The summed E-state index contributed by atoms with van der Waals surface area (Å²) in [5.41, 5.74) is 2.24. The highest BCUT2D eigenvalue weighted by Gasteiger charge is 2.15. The van der Waals surface area contributed by atoms with Gasteiger partial charge in [-0.2, -0.15) is 5.10 Å². The molecule has 8 nitrogen and oxygen atoms in total. The highest BCUT2D eigenvalue weighted by molar-refractivity contribution is 14.0. The minimum atomic E-state index is 0. The van der Waals surface area contributed by atoms with E-state index in [9.17, 15) is 0 Å². The number of hydrogen-bond donors (Lipinski definition) is 2. The number of halogens is 1. The molecule has 2 aromatic rings. The van der Waals surface area contributed by atoms with Crippen molar-refractivity contribution in [2.75, 3.05) is 38.3 Å². The summed E-state index contributed by atoms with van der Waals surface area (Å²) in [5, 5.41) is 10.8. The van der Waals surface area contributed by atoms with Crippen molar-refractivity contribution in [2.24, 2.45) is 12.0 Å². The van der Waals surface area contributed by atoms with E-state index < -0.39 is 0 Å². The van der Waals surface area contributed by atoms with Gasteiger partial charge in [0.1, 0.15) is 5.82 Å². The van der Waals surface area contributed by atoms with Crippen LogP contribution in [-0.4, -0.2) is 54.1 Å². The first kappa shape index (κ1) is 20.4. The van der Waals surface area contributed by atoms with Gasteiger partial charge in [-0.25, -0.2) is 4.98 Å². The Labute approximate surface area is 171 Å². The third kappa shape index (κ3) is 5.31. The largest absolute Gasteiger partial charge is 0.378 e. The van der Waals surface area contributed by atoms with Gasteiger partial charge in [-0.05, 0) is 12.1 Å².